The van der Waals surface area contributed by atoms with Gasteiger partial charge < -0.3 is 9.47 Å². The summed E-state index contributed by atoms with van der Waals surface area (Å²) >= 11 is 0. The molecule has 0 unspecified atom stereocenters. The van der Waals surface area contributed by atoms with Crippen LogP contribution in [-0.2, 0) is 0 Å². The molecule has 5 nitrogen and oxygen atoms in total. The number of rotatable bonds is 5. The molecule has 0 saturated heterocycles. The minimum Gasteiger partial charge on any atom is -0.493 e. The molecule has 0 amide bonds. The number of benzene rings is 2. The minimum absolute atomic E-state index is 0.0746. The second-order valence-electron chi connectivity index (χ2n) is 6.42. The molecule has 1 heterocycles. The lowest BCUT2D eigenvalue weighted by atomic mass is 9.79. The summed E-state index contributed by atoms with van der Waals surface area (Å²) in [5.74, 6) is 1.38. The van der Waals surface area contributed by atoms with Crippen LogP contribution in [-0.4, -0.2) is 12.1 Å². The molecule has 0 bridgehead atoms. The number of hydrogen-bond donors (Lipinski definition) is 0. The normalized spacial score (nSPS) is 22.7. The van der Waals surface area contributed by atoms with Gasteiger partial charge in [0.2, 0.25) is 0 Å². The average Bonchev–Trinajstić information content (AvgIpc) is 2.62. The van der Waals surface area contributed by atoms with Crippen LogP contribution in [0.15, 0.2) is 66.3 Å². The highest BCUT2D eigenvalue weighted by Crippen LogP contribution is 2.44. The molecule has 0 aromatic heterocycles. The summed E-state index contributed by atoms with van der Waals surface area (Å²) in [6.07, 6.45) is 1.73. The van der Waals surface area contributed by atoms with E-state index in [1.165, 1.54) is 0 Å². The Labute approximate surface area is 147 Å². The zero-order valence-corrected chi connectivity index (χ0v) is 14.4. The zero-order valence-electron chi connectivity index (χ0n) is 14.4. The maximum atomic E-state index is 8.89. The van der Waals surface area contributed by atoms with Crippen molar-refractivity contribution in [2.24, 2.45) is 5.11 Å². The van der Waals surface area contributed by atoms with Gasteiger partial charge in [-0.1, -0.05) is 41.5 Å². The Balaban J connectivity index is 1.91. The van der Waals surface area contributed by atoms with E-state index < -0.39 is 5.54 Å². The quantitative estimate of drug-likeness (QED) is 0.311. The smallest absolute Gasteiger partial charge is 0.123 e. The van der Waals surface area contributed by atoms with Gasteiger partial charge in [0.15, 0.2) is 0 Å². The predicted molar refractivity (Wildman–Crippen MR) is 97.9 cm³/mol. The molecule has 1 aliphatic rings. The van der Waals surface area contributed by atoms with Gasteiger partial charge in [0, 0.05) is 16.4 Å². The lowest BCUT2D eigenvalue weighted by Gasteiger charge is -2.37. The standard InChI is InChI=1S/C20H21N3O2/c1-4-18-17-12-16(25-14(2)15-8-6-5-7-9-15)10-11-19(17)24-13-20(18,3)22-23-21/h4-12,14,18H,1,13H2,2-3H3/t14-,18+,20-/m0/s1. The topological polar surface area (TPSA) is 67.2 Å². The van der Waals surface area contributed by atoms with Crippen molar-refractivity contribution < 1.29 is 9.47 Å². The molecule has 0 aliphatic carbocycles. The van der Waals surface area contributed by atoms with Gasteiger partial charge in [-0.05, 0) is 43.1 Å². The summed E-state index contributed by atoms with van der Waals surface area (Å²) < 4.78 is 11.9. The van der Waals surface area contributed by atoms with E-state index in [0.29, 0.717) is 6.61 Å². The van der Waals surface area contributed by atoms with Gasteiger partial charge in [-0.2, -0.15) is 0 Å². The molecule has 2 aromatic carbocycles. The van der Waals surface area contributed by atoms with Crippen molar-refractivity contribution >= 4 is 0 Å². The van der Waals surface area contributed by atoms with Crippen LogP contribution in [0.5, 0.6) is 11.5 Å². The molecule has 2 aromatic rings. The third-order valence-corrected chi connectivity index (χ3v) is 4.60. The highest BCUT2D eigenvalue weighted by Gasteiger charge is 2.39. The van der Waals surface area contributed by atoms with Crippen LogP contribution in [0.2, 0.25) is 0 Å². The lowest BCUT2D eigenvalue weighted by Crippen LogP contribution is -2.39. The summed E-state index contributed by atoms with van der Waals surface area (Å²) in [4.78, 5) is 2.98. The van der Waals surface area contributed by atoms with Gasteiger partial charge in [0.1, 0.15) is 24.2 Å². The van der Waals surface area contributed by atoms with Crippen molar-refractivity contribution in [1.29, 1.82) is 0 Å². The molecule has 0 spiro atoms. The van der Waals surface area contributed by atoms with Gasteiger partial charge in [0.25, 0.3) is 0 Å². The van der Waals surface area contributed by atoms with Crippen LogP contribution in [0.1, 0.15) is 37.0 Å². The van der Waals surface area contributed by atoms with E-state index in [0.717, 1.165) is 22.6 Å². The van der Waals surface area contributed by atoms with E-state index in [1.807, 2.05) is 62.4 Å². The minimum atomic E-state index is -0.701. The molecule has 5 heteroatoms. The fraction of sp³-hybridized carbons (Fsp3) is 0.300. The van der Waals surface area contributed by atoms with Crippen molar-refractivity contribution in [3.8, 4) is 11.5 Å². The third kappa shape index (κ3) is 3.32. The average molecular weight is 335 g/mol. The van der Waals surface area contributed by atoms with E-state index in [9.17, 15) is 0 Å². The van der Waals surface area contributed by atoms with E-state index >= 15 is 0 Å². The fourth-order valence-corrected chi connectivity index (χ4v) is 3.19. The molecule has 1 aliphatic heterocycles. The van der Waals surface area contributed by atoms with Crippen LogP contribution in [0.3, 0.4) is 0 Å². The van der Waals surface area contributed by atoms with Crippen molar-refractivity contribution in [2.75, 3.05) is 6.61 Å². The third-order valence-electron chi connectivity index (χ3n) is 4.60. The number of ether oxygens (including phenoxy) is 2. The maximum absolute atomic E-state index is 8.89. The summed E-state index contributed by atoms with van der Waals surface area (Å²) in [5.41, 5.74) is 10.2. The number of hydrogen-bond acceptors (Lipinski definition) is 3. The van der Waals surface area contributed by atoms with Crippen molar-refractivity contribution in [3.05, 3.63) is 82.8 Å². The van der Waals surface area contributed by atoms with E-state index in [4.69, 9.17) is 15.0 Å². The predicted octanol–water partition coefficient (Wildman–Crippen LogP) is 5.56. The van der Waals surface area contributed by atoms with E-state index in [-0.39, 0.29) is 12.0 Å². The Morgan fingerprint density at radius 1 is 1.36 bits per heavy atom. The Hall–Kier alpha value is -2.91. The monoisotopic (exact) mass is 335 g/mol. The van der Waals surface area contributed by atoms with Crippen LogP contribution in [0.25, 0.3) is 10.4 Å². The van der Waals surface area contributed by atoms with Crippen LogP contribution in [0, 0.1) is 0 Å². The van der Waals surface area contributed by atoms with E-state index in [1.54, 1.807) is 6.08 Å². The largest absolute Gasteiger partial charge is 0.493 e. The lowest BCUT2D eigenvalue weighted by molar-refractivity contribution is 0.187. The number of nitrogens with zero attached hydrogens (tertiary/aromatic N) is 3. The Morgan fingerprint density at radius 2 is 2.12 bits per heavy atom. The molecule has 25 heavy (non-hydrogen) atoms. The van der Waals surface area contributed by atoms with Gasteiger partial charge in [-0.3, -0.25) is 0 Å². The highest BCUT2D eigenvalue weighted by atomic mass is 16.5. The van der Waals surface area contributed by atoms with Gasteiger partial charge in [0.05, 0.1) is 5.54 Å². The molecule has 3 atom stereocenters. The molecule has 0 radical (unpaired) electrons. The van der Waals surface area contributed by atoms with Crippen LogP contribution in [0.4, 0.5) is 0 Å². The molecule has 128 valence electrons. The summed E-state index contributed by atoms with van der Waals surface area (Å²) in [6.45, 7) is 8.13. The Kier molecular flexibility index (Phi) is 4.68. The van der Waals surface area contributed by atoms with Crippen molar-refractivity contribution in [3.63, 3.8) is 0 Å². The van der Waals surface area contributed by atoms with Gasteiger partial charge in [-0.15, -0.1) is 6.58 Å². The van der Waals surface area contributed by atoms with Crippen LogP contribution >= 0.6 is 0 Å². The Bertz CT molecular complexity index is 815. The summed E-state index contributed by atoms with van der Waals surface area (Å²) in [5, 5.41) is 3.95. The van der Waals surface area contributed by atoms with Crippen LogP contribution < -0.4 is 9.47 Å². The molecule has 0 saturated carbocycles. The zero-order chi connectivity index (χ0) is 17.9. The first-order valence-electron chi connectivity index (χ1n) is 8.24. The second kappa shape index (κ2) is 6.91. The first kappa shape index (κ1) is 16.9. The fourth-order valence-electron chi connectivity index (χ4n) is 3.19. The van der Waals surface area contributed by atoms with Crippen molar-refractivity contribution in [2.45, 2.75) is 31.4 Å². The summed E-state index contributed by atoms with van der Waals surface area (Å²) in [6, 6.07) is 15.8. The van der Waals surface area contributed by atoms with Gasteiger partial charge >= 0.3 is 0 Å². The SMILES string of the molecule is C=C[C@@H]1c2cc(O[C@@H](C)c3ccccc3)ccc2OC[C@]1(C)N=[N+]=[N-]. The molecule has 0 N–H and O–H groups in total. The first-order chi connectivity index (χ1) is 12.1. The molecule has 3 rings (SSSR count). The molecular weight excluding hydrogens is 314 g/mol. The number of azide groups is 1. The molecular formula is C20H21N3O2. The second-order valence-corrected chi connectivity index (χ2v) is 6.42. The molecule has 0 fully saturated rings. The maximum Gasteiger partial charge on any atom is 0.123 e. The number of fused-ring (bicyclic) bond motifs is 1. The first-order valence-corrected chi connectivity index (χ1v) is 8.24. The van der Waals surface area contributed by atoms with Crippen molar-refractivity contribution in [1.82, 2.24) is 0 Å². The summed E-state index contributed by atoms with van der Waals surface area (Å²) in [7, 11) is 0. The van der Waals surface area contributed by atoms with Gasteiger partial charge in [-0.25, -0.2) is 0 Å². The van der Waals surface area contributed by atoms with E-state index in [2.05, 4.69) is 16.6 Å². The Morgan fingerprint density at radius 3 is 2.80 bits per heavy atom. The highest BCUT2D eigenvalue weighted by molar-refractivity contribution is 5.47.